The molecule has 1 aliphatic heterocycles. The number of guanidine groups is 1. The monoisotopic (exact) mass is 521 g/mol. The summed E-state index contributed by atoms with van der Waals surface area (Å²) < 4.78 is 6.87. The molecule has 0 atom stereocenters. The first-order valence-corrected chi connectivity index (χ1v) is 9.93. The quantitative estimate of drug-likeness (QED) is 0.305. The number of nitrogens with one attached hydrogen (secondary N) is 1. The molecule has 9 heteroatoms. The number of rotatable bonds is 6. The van der Waals surface area contributed by atoms with Gasteiger partial charge in [0.2, 0.25) is 0 Å². The second-order valence-corrected chi connectivity index (χ2v) is 7.13. The van der Waals surface area contributed by atoms with Crippen LogP contribution in [0.15, 0.2) is 64.6 Å². The number of nitrogens with zero attached hydrogens (tertiary/aromatic N) is 6. The first-order valence-electron chi connectivity index (χ1n) is 9.93. The fourth-order valence-corrected chi connectivity index (χ4v) is 3.63. The van der Waals surface area contributed by atoms with E-state index < -0.39 is 0 Å². The van der Waals surface area contributed by atoms with Crippen molar-refractivity contribution in [2.75, 3.05) is 33.2 Å². The number of hydrogen-bond acceptors (Lipinski definition) is 5. The molecule has 4 rings (SSSR count). The number of hydrogen-bond donors (Lipinski definition) is 1. The van der Waals surface area contributed by atoms with Gasteiger partial charge in [-0.15, -0.1) is 24.0 Å². The smallest absolute Gasteiger partial charge is 0.194 e. The largest absolute Gasteiger partial charge is 0.364 e. The van der Waals surface area contributed by atoms with Crippen LogP contribution >= 0.6 is 24.0 Å². The number of halogens is 1. The zero-order chi connectivity index (χ0) is 19.9. The van der Waals surface area contributed by atoms with E-state index in [1.807, 2.05) is 36.3 Å². The van der Waals surface area contributed by atoms with Crippen molar-refractivity contribution in [3.8, 4) is 0 Å². The van der Waals surface area contributed by atoms with Crippen LogP contribution in [0.2, 0.25) is 0 Å². The molecular weight excluding hydrogens is 493 g/mol. The summed E-state index contributed by atoms with van der Waals surface area (Å²) in [5.41, 5.74) is 3.50. The first-order chi connectivity index (χ1) is 14.3. The Morgan fingerprint density at radius 1 is 1.07 bits per heavy atom. The topological polar surface area (TPSA) is 74.7 Å². The molecule has 2 aromatic heterocycles. The van der Waals surface area contributed by atoms with Crippen LogP contribution in [0.25, 0.3) is 0 Å². The zero-order valence-electron chi connectivity index (χ0n) is 17.1. The van der Waals surface area contributed by atoms with E-state index in [0.29, 0.717) is 0 Å². The summed E-state index contributed by atoms with van der Waals surface area (Å²) in [6.07, 6.45) is 5.42. The van der Waals surface area contributed by atoms with Gasteiger partial charge in [-0.1, -0.05) is 29.4 Å². The van der Waals surface area contributed by atoms with Gasteiger partial charge in [-0.2, -0.15) is 5.10 Å². The molecular formula is C21H28IN7O. The van der Waals surface area contributed by atoms with Gasteiger partial charge in [-0.25, -0.2) is 0 Å². The average Bonchev–Trinajstić information content (AvgIpc) is 3.45. The average molecular weight is 521 g/mol. The molecule has 8 nitrogen and oxygen atoms in total. The Bertz CT molecular complexity index is 903. The lowest BCUT2D eigenvalue weighted by Crippen LogP contribution is -2.52. The summed E-state index contributed by atoms with van der Waals surface area (Å²) in [5.74, 6) is 0.944. The van der Waals surface area contributed by atoms with E-state index in [4.69, 9.17) is 4.52 Å². The normalized spacial score (nSPS) is 15.1. The van der Waals surface area contributed by atoms with Gasteiger partial charge in [0.25, 0.3) is 0 Å². The fraction of sp³-hybridized carbons (Fsp3) is 0.381. The van der Waals surface area contributed by atoms with Crippen molar-refractivity contribution in [2.45, 2.75) is 19.6 Å². The molecule has 1 fully saturated rings. The third kappa shape index (κ3) is 5.82. The third-order valence-electron chi connectivity index (χ3n) is 5.21. The van der Waals surface area contributed by atoms with E-state index in [9.17, 15) is 0 Å². The molecule has 1 aliphatic rings. The van der Waals surface area contributed by atoms with Crippen LogP contribution in [-0.4, -0.2) is 63.9 Å². The number of aliphatic imine (C=N–C) groups is 1. The van der Waals surface area contributed by atoms with Crippen molar-refractivity contribution >= 4 is 29.9 Å². The SMILES string of the molecule is CN=C(NCc1ccccc1Cn1cccn1)N1CCN(Cc2ccon2)CC1.I. The predicted octanol–water partition coefficient (Wildman–Crippen LogP) is 2.43. The third-order valence-corrected chi connectivity index (χ3v) is 5.21. The molecule has 0 radical (unpaired) electrons. The first kappa shape index (κ1) is 22.3. The van der Waals surface area contributed by atoms with Crippen LogP contribution in [0.5, 0.6) is 0 Å². The number of aromatic nitrogens is 3. The van der Waals surface area contributed by atoms with E-state index >= 15 is 0 Å². The minimum atomic E-state index is 0. The molecule has 0 amide bonds. The number of benzene rings is 1. The highest BCUT2D eigenvalue weighted by Crippen LogP contribution is 2.11. The van der Waals surface area contributed by atoms with E-state index in [2.05, 4.69) is 54.6 Å². The van der Waals surface area contributed by atoms with Crippen molar-refractivity contribution in [1.29, 1.82) is 0 Å². The Hall–Kier alpha value is -2.40. The van der Waals surface area contributed by atoms with Crippen LogP contribution < -0.4 is 5.32 Å². The minimum absolute atomic E-state index is 0. The highest BCUT2D eigenvalue weighted by atomic mass is 127. The lowest BCUT2D eigenvalue weighted by Gasteiger charge is -2.36. The summed E-state index contributed by atoms with van der Waals surface area (Å²) in [6, 6.07) is 12.3. The molecule has 1 saturated heterocycles. The molecule has 3 aromatic rings. The van der Waals surface area contributed by atoms with E-state index in [-0.39, 0.29) is 24.0 Å². The van der Waals surface area contributed by atoms with Gasteiger partial charge in [-0.05, 0) is 17.2 Å². The van der Waals surface area contributed by atoms with Crippen molar-refractivity contribution in [2.24, 2.45) is 4.99 Å². The number of piperazine rings is 1. The van der Waals surface area contributed by atoms with Crippen molar-refractivity contribution < 1.29 is 4.52 Å². The molecule has 160 valence electrons. The minimum Gasteiger partial charge on any atom is -0.364 e. The molecule has 1 N–H and O–H groups in total. The second-order valence-electron chi connectivity index (χ2n) is 7.13. The van der Waals surface area contributed by atoms with Gasteiger partial charge in [-0.3, -0.25) is 14.6 Å². The molecule has 0 spiro atoms. The highest BCUT2D eigenvalue weighted by molar-refractivity contribution is 14.0. The fourth-order valence-electron chi connectivity index (χ4n) is 3.63. The van der Waals surface area contributed by atoms with Crippen molar-refractivity contribution in [3.63, 3.8) is 0 Å². The molecule has 3 heterocycles. The maximum Gasteiger partial charge on any atom is 0.194 e. The highest BCUT2D eigenvalue weighted by Gasteiger charge is 2.20. The standard InChI is InChI=1S/C21H27N7O.HI/c1-22-21(27-12-10-26(11-13-27)17-20-7-14-29-25-20)23-15-18-5-2-3-6-19(18)16-28-9-4-8-24-28;/h2-9,14H,10-13,15-17H2,1H3,(H,22,23);1H. The summed E-state index contributed by atoms with van der Waals surface area (Å²) in [6.45, 7) is 6.16. The van der Waals surface area contributed by atoms with E-state index in [0.717, 1.165) is 57.5 Å². The molecule has 0 unspecified atom stereocenters. The molecule has 0 bridgehead atoms. The van der Waals surface area contributed by atoms with Crippen LogP contribution in [0, 0.1) is 0 Å². The Balaban J connectivity index is 0.00000256. The van der Waals surface area contributed by atoms with Gasteiger partial charge >= 0.3 is 0 Å². The predicted molar refractivity (Wildman–Crippen MR) is 127 cm³/mol. The summed E-state index contributed by atoms with van der Waals surface area (Å²) in [4.78, 5) is 9.21. The van der Waals surface area contributed by atoms with Gasteiger partial charge in [0.05, 0.1) is 12.2 Å². The van der Waals surface area contributed by atoms with Gasteiger partial charge in [0, 0.05) is 64.8 Å². The van der Waals surface area contributed by atoms with Crippen molar-refractivity contribution in [3.05, 3.63) is 71.9 Å². The Morgan fingerprint density at radius 2 is 1.87 bits per heavy atom. The Labute approximate surface area is 194 Å². The van der Waals surface area contributed by atoms with Crippen LogP contribution in [0.4, 0.5) is 0 Å². The van der Waals surface area contributed by atoms with Gasteiger partial charge in [0.15, 0.2) is 5.96 Å². The maximum atomic E-state index is 4.93. The van der Waals surface area contributed by atoms with Crippen LogP contribution in [-0.2, 0) is 19.6 Å². The molecule has 1 aromatic carbocycles. The Morgan fingerprint density at radius 3 is 2.53 bits per heavy atom. The summed E-state index contributed by atoms with van der Waals surface area (Å²) in [5, 5.41) is 11.9. The lowest BCUT2D eigenvalue weighted by molar-refractivity contribution is 0.169. The lowest BCUT2D eigenvalue weighted by atomic mass is 10.1. The zero-order valence-corrected chi connectivity index (χ0v) is 19.5. The van der Waals surface area contributed by atoms with Gasteiger partial charge < -0.3 is 14.7 Å². The summed E-state index contributed by atoms with van der Waals surface area (Å²) >= 11 is 0. The molecule has 0 saturated carbocycles. The summed E-state index contributed by atoms with van der Waals surface area (Å²) in [7, 11) is 1.85. The second kappa shape index (κ2) is 11.1. The van der Waals surface area contributed by atoms with E-state index in [1.165, 1.54) is 11.1 Å². The van der Waals surface area contributed by atoms with Gasteiger partial charge in [0.1, 0.15) is 6.26 Å². The molecule has 30 heavy (non-hydrogen) atoms. The van der Waals surface area contributed by atoms with E-state index in [1.54, 1.807) is 6.26 Å². The van der Waals surface area contributed by atoms with Crippen LogP contribution in [0.3, 0.4) is 0 Å². The Kier molecular flexibility index (Phi) is 8.26. The molecule has 0 aliphatic carbocycles. The van der Waals surface area contributed by atoms with Crippen molar-refractivity contribution in [1.82, 2.24) is 30.1 Å². The van der Waals surface area contributed by atoms with Crippen LogP contribution in [0.1, 0.15) is 16.8 Å². The maximum absolute atomic E-state index is 4.93.